The zero-order chi connectivity index (χ0) is 16.9. The molecule has 6 heteroatoms. The smallest absolute Gasteiger partial charge is 0.308 e. The lowest BCUT2D eigenvalue weighted by molar-refractivity contribution is -0.145. The molecule has 2 aromatic rings. The molecule has 1 aliphatic rings. The molecule has 126 valence electrons. The molecule has 1 fully saturated rings. The first-order valence-corrected chi connectivity index (χ1v) is 8.97. The van der Waals surface area contributed by atoms with Gasteiger partial charge >= 0.3 is 5.97 Å². The topological polar surface area (TPSA) is 70.5 Å². The van der Waals surface area contributed by atoms with Gasteiger partial charge < -0.3 is 10.0 Å². The van der Waals surface area contributed by atoms with E-state index in [1.807, 2.05) is 23.6 Å². The second kappa shape index (κ2) is 7.57. The van der Waals surface area contributed by atoms with E-state index in [4.69, 9.17) is 5.11 Å². The predicted molar refractivity (Wildman–Crippen MR) is 92.0 cm³/mol. The highest BCUT2D eigenvalue weighted by Gasteiger charge is 2.28. The summed E-state index contributed by atoms with van der Waals surface area (Å²) in [6.07, 6.45) is 2.41. The summed E-state index contributed by atoms with van der Waals surface area (Å²) >= 11 is 1.56. The van der Waals surface area contributed by atoms with Crippen LogP contribution in [0.4, 0.5) is 0 Å². The number of hydrogen-bond acceptors (Lipinski definition) is 4. The van der Waals surface area contributed by atoms with Gasteiger partial charge in [0, 0.05) is 24.9 Å². The highest BCUT2D eigenvalue weighted by Crippen LogP contribution is 2.19. The van der Waals surface area contributed by atoms with Crippen LogP contribution in [0, 0.1) is 5.92 Å². The molecule has 0 radical (unpaired) electrons. The van der Waals surface area contributed by atoms with Crippen LogP contribution in [-0.2, 0) is 22.4 Å². The van der Waals surface area contributed by atoms with E-state index in [-0.39, 0.29) is 12.3 Å². The molecule has 5 nitrogen and oxygen atoms in total. The van der Waals surface area contributed by atoms with Crippen LogP contribution in [-0.4, -0.2) is 40.0 Å². The van der Waals surface area contributed by atoms with E-state index in [0.29, 0.717) is 19.5 Å². The molecule has 1 N–H and O–H groups in total. The Balaban J connectivity index is 1.58. The lowest BCUT2D eigenvalue weighted by Crippen LogP contribution is -2.43. The first-order valence-electron chi connectivity index (χ1n) is 8.09. The number of nitrogens with zero attached hydrogens (tertiary/aromatic N) is 2. The fraction of sp³-hybridized carbons (Fsp3) is 0.389. The summed E-state index contributed by atoms with van der Waals surface area (Å²) in [4.78, 5) is 29.7. The van der Waals surface area contributed by atoms with Gasteiger partial charge in [0.25, 0.3) is 0 Å². The number of carboxylic acid groups (broad SMARTS) is 1. The fourth-order valence-corrected chi connectivity index (χ4v) is 3.78. The van der Waals surface area contributed by atoms with E-state index in [2.05, 4.69) is 17.1 Å². The van der Waals surface area contributed by atoms with Crippen LogP contribution < -0.4 is 0 Å². The molecule has 0 aliphatic carbocycles. The molecule has 1 aliphatic heterocycles. The molecule has 1 amide bonds. The van der Waals surface area contributed by atoms with Gasteiger partial charge in [-0.2, -0.15) is 0 Å². The van der Waals surface area contributed by atoms with Crippen molar-refractivity contribution in [2.75, 3.05) is 13.1 Å². The number of aromatic nitrogens is 1. The number of piperidine rings is 1. The van der Waals surface area contributed by atoms with Gasteiger partial charge in [0.2, 0.25) is 5.91 Å². The molecule has 0 unspecified atom stereocenters. The van der Waals surface area contributed by atoms with E-state index < -0.39 is 11.9 Å². The van der Waals surface area contributed by atoms with Crippen LogP contribution in [0.3, 0.4) is 0 Å². The summed E-state index contributed by atoms with van der Waals surface area (Å²) < 4.78 is 0. The molecule has 0 saturated carbocycles. The standard InChI is InChI=1S/C18H20N2O3S/c21-17(20-8-4-7-14(11-20)18(22)23)10-15-12-24-16(19-15)9-13-5-2-1-3-6-13/h1-3,5-6,12,14H,4,7-11H2,(H,22,23)/t14-/m0/s1. The summed E-state index contributed by atoms with van der Waals surface area (Å²) in [6.45, 7) is 0.957. The van der Waals surface area contributed by atoms with Crippen molar-refractivity contribution in [2.24, 2.45) is 5.92 Å². The minimum atomic E-state index is -0.814. The largest absolute Gasteiger partial charge is 0.481 e. The zero-order valence-corrected chi connectivity index (χ0v) is 14.2. The highest BCUT2D eigenvalue weighted by molar-refractivity contribution is 7.09. The van der Waals surface area contributed by atoms with Crippen LogP contribution in [0.1, 0.15) is 29.1 Å². The molecule has 0 spiro atoms. The molecule has 1 aromatic carbocycles. The maximum absolute atomic E-state index is 12.4. The van der Waals surface area contributed by atoms with Gasteiger partial charge in [-0.05, 0) is 18.4 Å². The lowest BCUT2D eigenvalue weighted by Gasteiger charge is -2.30. The number of carbonyl (C=O) groups is 2. The Labute approximate surface area is 145 Å². The Morgan fingerprint density at radius 1 is 1.29 bits per heavy atom. The van der Waals surface area contributed by atoms with Crippen LogP contribution in [0.15, 0.2) is 35.7 Å². The van der Waals surface area contributed by atoms with Crippen LogP contribution >= 0.6 is 11.3 Å². The van der Waals surface area contributed by atoms with Gasteiger partial charge in [0.1, 0.15) is 0 Å². The Bertz CT molecular complexity index is 714. The summed E-state index contributed by atoms with van der Waals surface area (Å²) in [5.41, 5.74) is 1.97. The molecular weight excluding hydrogens is 324 g/mol. The van der Waals surface area contributed by atoms with Gasteiger partial charge in [-0.25, -0.2) is 4.98 Å². The molecule has 2 heterocycles. The minimum Gasteiger partial charge on any atom is -0.481 e. The van der Waals surface area contributed by atoms with Gasteiger partial charge in [0.15, 0.2) is 0 Å². The SMILES string of the molecule is O=C(O)[C@H]1CCCN(C(=O)Cc2csc(Cc3ccccc3)n2)C1. The van der Waals surface area contributed by atoms with Crippen molar-refractivity contribution in [1.29, 1.82) is 0 Å². The molecule has 0 bridgehead atoms. The van der Waals surface area contributed by atoms with Crippen molar-refractivity contribution in [1.82, 2.24) is 9.88 Å². The highest BCUT2D eigenvalue weighted by atomic mass is 32.1. The van der Waals surface area contributed by atoms with Gasteiger partial charge in [-0.1, -0.05) is 30.3 Å². The summed E-state index contributed by atoms with van der Waals surface area (Å²) in [5, 5.41) is 12.0. The Kier molecular flexibility index (Phi) is 5.25. The predicted octanol–water partition coefficient (Wildman–Crippen LogP) is 2.60. The van der Waals surface area contributed by atoms with Crippen LogP contribution in [0.25, 0.3) is 0 Å². The Morgan fingerprint density at radius 3 is 2.83 bits per heavy atom. The number of carboxylic acids is 1. The zero-order valence-electron chi connectivity index (χ0n) is 13.4. The van der Waals surface area contributed by atoms with Crippen molar-refractivity contribution in [2.45, 2.75) is 25.7 Å². The number of hydrogen-bond donors (Lipinski definition) is 1. The third-order valence-electron chi connectivity index (χ3n) is 4.25. The van der Waals surface area contributed by atoms with E-state index in [1.54, 1.807) is 16.2 Å². The quantitative estimate of drug-likeness (QED) is 0.905. The number of aliphatic carboxylic acids is 1. The number of thiazole rings is 1. The molecule has 1 saturated heterocycles. The summed E-state index contributed by atoms with van der Waals surface area (Å²) in [7, 11) is 0. The van der Waals surface area contributed by atoms with Crippen molar-refractivity contribution >= 4 is 23.2 Å². The van der Waals surface area contributed by atoms with Gasteiger partial charge in [-0.3, -0.25) is 9.59 Å². The van der Waals surface area contributed by atoms with E-state index in [1.165, 1.54) is 5.56 Å². The number of rotatable bonds is 5. The average molecular weight is 344 g/mol. The van der Waals surface area contributed by atoms with Gasteiger partial charge in [0.05, 0.1) is 23.0 Å². The maximum Gasteiger partial charge on any atom is 0.308 e. The van der Waals surface area contributed by atoms with Crippen molar-refractivity contribution in [3.05, 3.63) is 52.0 Å². The van der Waals surface area contributed by atoms with Crippen LogP contribution in [0.2, 0.25) is 0 Å². The third-order valence-corrected chi connectivity index (χ3v) is 5.15. The third kappa shape index (κ3) is 4.20. The number of carbonyl (C=O) groups excluding carboxylic acids is 1. The second-order valence-electron chi connectivity index (χ2n) is 6.09. The first kappa shape index (κ1) is 16.6. The van der Waals surface area contributed by atoms with Crippen molar-refractivity contribution < 1.29 is 14.7 Å². The minimum absolute atomic E-state index is 0.0301. The molecule has 1 aromatic heterocycles. The van der Waals surface area contributed by atoms with Crippen molar-refractivity contribution in [3.63, 3.8) is 0 Å². The Morgan fingerprint density at radius 2 is 2.08 bits per heavy atom. The summed E-state index contributed by atoms with van der Waals surface area (Å²) in [6, 6.07) is 10.1. The Hall–Kier alpha value is -2.21. The van der Waals surface area contributed by atoms with Crippen molar-refractivity contribution in [3.8, 4) is 0 Å². The molecular formula is C18H20N2O3S. The van der Waals surface area contributed by atoms with Crippen LogP contribution in [0.5, 0.6) is 0 Å². The average Bonchev–Trinajstić information content (AvgIpc) is 3.02. The monoisotopic (exact) mass is 344 g/mol. The first-order chi connectivity index (χ1) is 11.6. The van der Waals surface area contributed by atoms with Gasteiger partial charge in [-0.15, -0.1) is 11.3 Å². The van der Waals surface area contributed by atoms with E-state index in [0.717, 1.165) is 23.5 Å². The molecule has 24 heavy (non-hydrogen) atoms. The fourth-order valence-electron chi connectivity index (χ4n) is 2.95. The number of amides is 1. The van der Waals surface area contributed by atoms with E-state index >= 15 is 0 Å². The molecule has 3 rings (SSSR count). The summed E-state index contributed by atoms with van der Waals surface area (Å²) in [5.74, 6) is -1.28. The maximum atomic E-state index is 12.4. The lowest BCUT2D eigenvalue weighted by atomic mass is 9.98. The molecule has 1 atom stereocenters. The number of likely N-dealkylation sites (tertiary alicyclic amines) is 1. The number of benzene rings is 1. The normalized spacial score (nSPS) is 17.7. The van der Waals surface area contributed by atoms with E-state index in [9.17, 15) is 9.59 Å². The second-order valence-corrected chi connectivity index (χ2v) is 7.03.